The maximum absolute atomic E-state index is 13.0. The first-order chi connectivity index (χ1) is 13.5. The predicted molar refractivity (Wildman–Crippen MR) is 109 cm³/mol. The normalized spacial score (nSPS) is 11.5. The van der Waals surface area contributed by atoms with E-state index < -0.39 is 0 Å². The molecule has 0 unspecified atom stereocenters. The van der Waals surface area contributed by atoms with Crippen LogP contribution in [-0.4, -0.2) is 30.5 Å². The number of benzene rings is 2. The summed E-state index contributed by atoms with van der Waals surface area (Å²) in [5.74, 6) is 0.952. The number of carbonyl (C=O) groups is 1. The van der Waals surface area contributed by atoms with Crippen molar-refractivity contribution in [3.63, 3.8) is 0 Å². The van der Waals surface area contributed by atoms with Crippen LogP contribution in [-0.2, 0) is 0 Å². The highest BCUT2D eigenvalue weighted by molar-refractivity contribution is 6.12. The van der Waals surface area contributed by atoms with Gasteiger partial charge in [0.05, 0.1) is 34.2 Å². The van der Waals surface area contributed by atoms with Crippen LogP contribution in [0.2, 0.25) is 0 Å². The van der Waals surface area contributed by atoms with Crippen molar-refractivity contribution in [1.82, 2.24) is 24.7 Å². The summed E-state index contributed by atoms with van der Waals surface area (Å²) in [6.45, 7) is 3.92. The molecule has 4 N–H and O–H groups in total. The lowest BCUT2D eigenvalue weighted by molar-refractivity contribution is 0.103. The van der Waals surface area contributed by atoms with Gasteiger partial charge in [0.25, 0.3) is 0 Å². The molecule has 0 radical (unpaired) electrons. The number of hydrogen-bond donors (Lipinski definition) is 3. The van der Waals surface area contributed by atoms with Crippen molar-refractivity contribution in [3.8, 4) is 5.69 Å². The smallest absolute Gasteiger partial charge is 0.214 e. The minimum Gasteiger partial charge on any atom is -0.383 e. The maximum Gasteiger partial charge on any atom is 0.214 e. The maximum atomic E-state index is 13.0. The quantitative estimate of drug-likeness (QED) is 0.421. The monoisotopic (exact) mass is 370 g/mol. The van der Waals surface area contributed by atoms with Gasteiger partial charge in [-0.1, -0.05) is 12.1 Å². The van der Waals surface area contributed by atoms with Gasteiger partial charge in [-0.05, 0) is 49.7 Å². The lowest BCUT2D eigenvalue weighted by Crippen LogP contribution is -2.07. The van der Waals surface area contributed by atoms with Crippen LogP contribution in [0.5, 0.6) is 0 Å². The fourth-order valence-electron chi connectivity index (χ4n) is 3.57. The average molecular weight is 370 g/mol. The molecule has 5 rings (SSSR count). The molecule has 138 valence electrons. The number of nitrogens with two attached hydrogens (primary N) is 1. The summed E-state index contributed by atoms with van der Waals surface area (Å²) < 4.78 is 1.56. The summed E-state index contributed by atoms with van der Waals surface area (Å²) in [7, 11) is 0. The highest BCUT2D eigenvalue weighted by Gasteiger charge is 2.20. The first kappa shape index (κ1) is 16.3. The Morgan fingerprint density at radius 3 is 2.75 bits per heavy atom. The van der Waals surface area contributed by atoms with Crippen LogP contribution in [0.3, 0.4) is 0 Å². The molecule has 0 aliphatic rings. The minimum atomic E-state index is -0.184. The molecule has 7 nitrogen and oxygen atoms in total. The van der Waals surface area contributed by atoms with Gasteiger partial charge in [-0.2, -0.15) is 5.10 Å². The van der Waals surface area contributed by atoms with Crippen LogP contribution in [0.1, 0.15) is 27.4 Å². The molecule has 0 spiro atoms. The summed E-state index contributed by atoms with van der Waals surface area (Å²) in [5, 5.41) is 5.36. The summed E-state index contributed by atoms with van der Waals surface area (Å²) in [5.41, 5.74) is 11.7. The number of anilines is 1. The number of nitrogen functional groups attached to an aromatic ring is 1. The van der Waals surface area contributed by atoms with Crippen molar-refractivity contribution in [2.45, 2.75) is 13.8 Å². The lowest BCUT2D eigenvalue weighted by Gasteiger charge is -2.05. The molecule has 7 heteroatoms. The number of H-pyrrole nitrogens is 2. The third kappa shape index (κ3) is 2.40. The van der Waals surface area contributed by atoms with E-state index in [2.05, 4.69) is 20.1 Å². The Labute approximate surface area is 160 Å². The Morgan fingerprint density at radius 1 is 1.07 bits per heavy atom. The lowest BCUT2D eigenvalue weighted by atomic mass is 10.1. The number of rotatable bonds is 3. The number of nitrogens with one attached hydrogen (secondary N) is 2. The van der Waals surface area contributed by atoms with Gasteiger partial charge in [0.2, 0.25) is 5.78 Å². The molecule has 2 aromatic carbocycles. The number of ketones is 1. The van der Waals surface area contributed by atoms with Crippen LogP contribution >= 0.6 is 0 Å². The SMILES string of the molecule is Cc1nc2cc(-n3ncc(C(=O)c4cc5c(C)cccc5[nH]4)c3N)ccc2[nH]1. The number of hydrogen-bond acceptors (Lipinski definition) is 4. The fraction of sp³-hybridized carbons (Fsp3) is 0.0952. The Hall–Kier alpha value is -3.87. The number of aromatic nitrogens is 5. The molecular weight excluding hydrogens is 352 g/mol. The van der Waals surface area contributed by atoms with E-state index in [1.807, 2.05) is 56.3 Å². The third-order valence-electron chi connectivity index (χ3n) is 5.01. The number of nitrogens with zero attached hydrogens (tertiary/aromatic N) is 3. The number of aromatic amines is 2. The van der Waals surface area contributed by atoms with Crippen molar-refractivity contribution in [2.75, 3.05) is 5.73 Å². The van der Waals surface area contributed by atoms with Gasteiger partial charge in [-0.25, -0.2) is 9.67 Å². The molecule has 0 saturated carbocycles. The molecule has 3 aromatic heterocycles. The van der Waals surface area contributed by atoms with E-state index in [4.69, 9.17) is 5.73 Å². The van der Waals surface area contributed by atoms with Crippen molar-refractivity contribution in [1.29, 1.82) is 0 Å². The first-order valence-corrected chi connectivity index (χ1v) is 8.94. The Bertz CT molecular complexity index is 1370. The van der Waals surface area contributed by atoms with Crippen molar-refractivity contribution >= 4 is 33.5 Å². The van der Waals surface area contributed by atoms with Crippen LogP contribution in [0.25, 0.3) is 27.6 Å². The number of carbonyl (C=O) groups excluding carboxylic acids is 1. The van der Waals surface area contributed by atoms with Gasteiger partial charge in [0, 0.05) is 10.9 Å². The van der Waals surface area contributed by atoms with Gasteiger partial charge >= 0.3 is 0 Å². The van der Waals surface area contributed by atoms with E-state index in [9.17, 15) is 4.79 Å². The summed E-state index contributed by atoms with van der Waals surface area (Å²) in [6, 6.07) is 13.5. The molecule has 5 aromatic rings. The van der Waals surface area contributed by atoms with Crippen LogP contribution < -0.4 is 5.73 Å². The Balaban J connectivity index is 1.56. The molecule has 0 atom stereocenters. The molecule has 0 aliphatic heterocycles. The predicted octanol–water partition coefficient (Wildman–Crippen LogP) is 3.66. The zero-order valence-corrected chi connectivity index (χ0v) is 15.4. The number of imidazole rings is 1. The van der Waals surface area contributed by atoms with Crippen molar-refractivity contribution in [3.05, 3.63) is 71.3 Å². The zero-order chi connectivity index (χ0) is 19.4. The fourth-order valence-corrected chi connectivity index (χ4v) is 3.57. The molecular formula is C21H18N6O. The second kappa shape index (κ2) is 5.82. The van der Waals surface area contributed by atoms with E-state index in [1.165, 1.54) is 6.20 Å². The highest BCUT2D eigenvalue weighted by atomic mass is 16.1. The molecule has 28 heavy (non-hydrogen) atoms. The average Bonchev–Trinajstić information content (AvgIpc) is 3.36. The van der Waals surface area contributed by atoms with E-state index in [1.54, 1.807) is 4.68 Å². The second-order valence-electron chi connectivity index (χ2n) is 6.93. The van der Waals surface area contributed by atoms with Crippen LogP contribution in [0.15, 0.2) is 48.7 Å². The Morgan fingerprint density at radius 2 is 1.93 bits per heavy atom. The topological polar surface area (TPSA) is 105 Å². The van der Waals surface area contributed by atoms with E-state index >= 15 is 0 Å². The van der Waals surface area contributed by atoms with Gasteiger partial charge in [-0.15, -0.1) is 0 Å². The van der Waals surface area contributed by atoms with Crippen LogP contribution in [0, 0.1) is 13.8 Å². The molecule has 0 saturated heterocycles. The summed E-state index contributed by atoms with van der Waals surface area (Å²) in [6.07, 6.45) is 1.51. The molecule has 0 amide bonds. The third-order valence-corrected chi connectivity index (χ3v) is 5.01. The second-order valence-corrected chi connectivity index (χ2v) is 6.93. The summed E-state index contributed by atoms with van der Waals surface area (Å²) in [4.78, 5) is 23.8. The van der Waals surface area contributed by atoms with Gasteiger partial charge in [0.15, 0.2) is 0 Å². The van der Waals surface area contributed by atoms with Gasteiger partial charge < -0.3 is 15.7 Å². The standard InChI is InChI=1S/C21H18N6O/c1-11-4-3-5-16-14(11)9-19(26-16)20(28)15-10-23-27(21(15)22)13-6-7-17-18(8-13)25-12(2)24-17/h3-10,26H,22H2,1-2H3,(H,24,25). The van der Waals surface area contributed by atoms with Crippen molar-refractivity contribution in [2.24, 2.45) is 0 Å². The van der Waals surface area contributed by atoms with E-state index in [-0.39, 0.29) is 5.78 Å². The first-order valence-electron chi connectivity index (χ1n) is 8.94. The van der Waals surface area contributed by atoms with Gasteiger partial charge in [0.1, 0.15) is 11.6 Å². The number of aryl methyl sites for hydroxylation is 2. The molecule has 0 fully saturated rings. The van der Waals surface area contributed by atoms with Crippen molar-refractivity contribution < 1.29 is 4.79 Å². The van der Waals surface area contributed by atoms with Crippen LogP contribution in [0.4, 0.5) is 5.82 Å². The van der Waals surface area contributed by atoms with Gasteiger partial charge in [-0.3, -0.25) is 4.79 Å². The molecule has 0 aliphatic carbocycles. The minimum absolute atomic E-state index is 0.184. The Kier molecular flexibility index (Phi) is 3.39. The molecule has 0 bridgehead atoms. The molecule has 3 heterocycles. The van der Waals surface area contributed by atoms with E-state index in [0.717, 1.165) is 39.0 Å². The summed E-state index contributed by atoms with van der Waals surface area (Å²) >= 11 is 0. The number of fused-ring (bicyclic) bond motifs is 2. The highest BCUT2D eigenvalue weighted by Crippen LogP contribution is 2.25. The van der Waals surface area contributed by atoms with E-state index in [0.29, 0.717) is 17.1 Å². The largest absolute Gasteiger partial charge is 0.383 e. The zero-order valence-electron chi connectivity index (χ0n) is 15.4.